The van der Waals surface area contributed by atoms with E-state index >= 15 is 0 Å². The lowest BCUT2D eigenvalue weighted by Gasteiger charge is -2.44. The Bertz CT molecular complexity index is 555. The number of benzene rings is 1. The normalized spacial score (nSPS) is 21.3. The summed E-state index contributed by atoms with van der Waals surface area (Å²) in [5.74, 6) is -0.593. The third-order valence-corrected chi connectivity index (χ3v) is 4.33. The van der Waals surface area contributed by atoms with Gasteiger partial charge in [-0.1, -0.05) is 26.0 Å². The van der Waals surface area contributed by atoms with Gasteiger partial charge in [-0.05, 0) is 37.5 Å². The van der Waals surface area contributed by atoms with Crippen molar-refractivity contribution < 1.29 is 14.0 Å². The zero-order valence-electron chi connectivity index (χ0n) is 12.6. The van der Waals surface area contributed by atoms with Crippen molar-refractivity contribution in [3.05, 3.63) is 35.6 Å². The standard InChI is InChI=1S/C16H21FN2O2/c1-4-16(5-2)15(21)19(11(3)14(20)18-16)10-12-7-6-8-13(17)9-12/h6-9,11H,4-5,10H2,1-3H3,(H,18,20). The fourth-order valence-corrected chi connectivity index (χ4v) is 2.76. The Kier molecular flexibility index (Phi) is 4.30. The molecule has 1 aromatic rings. The number of carbonyl (C=O) groups excluding carboxylic acids is 2. The molecule has 2 amide bonds. The third kappa shape index (κ3) is 2.77. The Morgan fingerprint density at radius 3 is 2.52 bits per heavy atom. The van der Waals surface area contributed by atoms with Crippen molar-refractivity contribution in [2.24, 2.45) is 0 Å². The fraction of sp³-hybridized carbons (Fsp3) is 0.500. The molecule has 1 N–H and O–H groups in total. The smallest absolute Gasteiger partial charge is 0.249 e. The summed E-state index contributed by atoms with van der Waals surface area (Å²) < 4.78 is 13.3. The maximum absolute atomic E-state index is 13.3. The quantitative estimate of drug-likeness (QED) is 0.925. The monoisotopic (exact) mass is 292 g/mol. The van der Waals surface area contributed by atoms with Crippen molar-refractivity contribution in [3.63, 3.8) is 0 Å². The van der Waals surface area contributed by atoms with E-state index in [1.807, 2.05) is 13.8 Å². The molecule has 1 fully saturated rings. The third-order valence-electron chi connectivity index (χ3n) is 4.33. The number of hydrogen-bond donors (Lipinski definition) is 1. The maximum Gasteiger partial charge on any atom is 0.249 e. The van der Waals surface area contributed by atoms with Crippen molar-refractivity contribution in [2.45, 2.75) is 51.7 Å². The van der Waals surface area contributed by atoms with Gasteiger partial charge < -0.3 is 10.2 Å². The summed E-state index contributed by atoms with van der Waals surface area (Å²) in [4.78, 5) is 26.5. The zero-order valence-corrected chi connectivity index (χ0v) is 12.6. The first-order valence-corrected chi connectivity index (χ1v) is 7.31. The molecular weight excluding hydrogens is 271 g/mol. The second-order valence-corrected chi connectivity index (χ2v) is 5.52. The molecule has 1 saturated heterocycles. The van der Waals surface area contributed by atoms with Crippen LogP contribution in [0.2, 0.25) is 0 Å². The lowest BCUT2D eigenvalue weighted by Crippen LogP contribution is -2.69. The Labute approximate surface area is 124 Å². The van der Waals surface area contributed by atoms with Gasteiger partial charge in [0.05, 0.1) is 0 Å². The highest BCUT2D eigenvalue weighted by Crippen LogP contribution is 2.26. The molecule has 1 atom stereocenters. The van der Waals surface area contributed by atoms with Gasteiger partial charge in [0.25, 0.3) is 0 Å². The van der Waals surface area contributed by atoms with Crippen LogP contribution in [-0.4, -0.2) is 28.3 Å². The first-order valence-electron chi connectivity index (χ1n) is 7.31. The van der Waals surface area contributed by atoms with E-state index in [2.05, 4.69) is 5.32 Å². The highest BCUT2D eigenvalue weighted by molar-refractivity contribution is 5.99. The minimum Gasteiger partial charge on any atom is -0.340 e. The van der Waals surface area contributed by atoms with E-state index in [1.165, 1.54) is 12.1 Å². The number of nitrogens with one attached hydrogen (secondary N) is 1. The topological polar surface area (TPSA) is 49.4 Å². The molecule has 0 radical (unpaired) electrons. The number of nitrogens with zero attached hydrogens (tertiary/aromatic N) is 1. The van der Waals surface area contributed by atoms with Crippen molar-refractivity contribution in [2.75, 3.05) is 0 Å². The number of hydrogen-bond acceptors (Lipinski definition) is 2. The van der Waals surface area contributed by atoms with Gasteiger partial charge in [-0.2, -0.15) is 0 Å². The van der Waals surface area contributed by atoms with Crippen LogP contribution in [0.4, 0.5) is 4.39 Å². The largest absolute Gasteiger partial charge is 0.340 e. The average molecular weight is 292 g/mol. The molecular formula is C16H21FN2O2. The molecule has 2 rings (SSSR count). The van der Waals surface area contributed by atoms with E-state index < -0.39 is 11.6 Å². The summed E-state index contributed by atoms with van der Waals surface area (Å²) in [5, 5.41) is 2.85. The van der Waals surface area contributed by atoms with Gasteiger partial charge in [-0.25, -0.2) is 4.39 Å². The van der Waals surface area contributed by atoms with Gasteiger partial charge in [0, 0.05) is 6.54 Å². The molecule has 1 heterocycles. The molecule has 1 aromatic carbocycles. The highest BCUT2D eigenvalue weighted by atomic mass is 19.1. The predicted molar refractivity (Wildman–Crippen MR) is 77.9 cm³/mol. The Balaban J connectivity index is 2.31. The van der Waals surface area contributed by atoms with Crippen LogP contribution in [0, 0.1) is 5.82 Å². The molecule has 1 aliphatic rings. The van der Waals surface area contributed by atoms with E-state index in [0.29, 0.717) is 18.4 Å². The highest BCUT2D eigenvalue weighted by Gasteiger charge is 2.47. The second-order valence-electron chi connectivity index (χ2n) is 5.52. The molecule has 114 valence electrons. The summed E-state index contributed by atoms with van der Waals surface area (Å²) >= 11 is 0. The number of carbonyl (C=O) groups is 2. The maximum atomic E-state index is 13.3. The van der Waals surface area contributed by atoms with Crippen LogP contribution in [0.1, 0.15) is 39.2 Å². The molecule has 0 bridgehead atoms. The zero-order chi connectivity index (χ0) is 15.6. The second kappa shape index (κ2) is 5.84. The Hall–Kier alpha value is -1.91. The lowest BCUT2D eigenvalue weighted by atomic mass is 9.87. The Morgan fingerprint density at radius 1 is 1.29 bits per heavy atom. The van der Waals surface area contributed by atoms with Crippen molar-refractivity contribution in [1.29, 1.82) is 0 Å². The van der Waals surface area contributed by atoms with Crippen molar-refractivity contribution >= 4 is 11.8 Å². The first kappa shape index (κ1) is 15.5. The molecule has 0 aromatic heterocycles. The van der Waals surface area contributed by atoms with E-state index in [0.717, 1.165) is 0 Å². The van der Waals surface area contributed by atoms with Gasteiger partial charge in [0.15, 0.2) is 0 Å². The predicted octanol–water partition coefficient (Wildman–Crippen LogP) is 2.23. The van der Waals surface area contributed by atoms with Gasteiger partial charge in [-0.15, -0.1) is 0 Å². The minimum absolute atomic E-state index is 0.0936. The summed E-state index contributed by atoms with van der Waals surface area (Å²) in [5.41, 5.74) is -0.150. The number of piperazine rings is 1. The molecule has 4 nitrogen and oxygen atoms in total. The van der Waals surface area contributed by atoms with Crippen LogP contribution in [-0.2, 0) is 16.1 Å². The molecule has 1 unspecified atom stereocenters. The minimum atomic E-state index is -0.836. The van der Waals surface area contributed by atoms with Crippen molar-refractivity contribution in [1.82, 2.24) is 10.2 Å². The molecule has 0 spiro atoms. The SMILES string of the molecule is CCC1(CC)NC(=O)C(C)N(Cc2cccc(F)c2)C1=O. The van der Waals surface area contributed by atoms with Gasteiger partial charge in [-0.3, -0.25) is 9.59 Å². The number of amides is 2. The molecule has 0 aliphatic carbocycles. The summed E-state index contributed by atoms with van der Waals surface area (Å²) in [6, 6.07) is 5.57. The van der Waals surface area contributed by atoms with Crippen LogP contribution in [0.15, 0.2) is 24.3 Å². The van der Waals surface area contributed by atoms with Crippen LogP contribution in [0.3, 0.4) is 0 Å². The van der Waals surface area contributed by atoms with Gasteiger partial charge >= 0.3 is 0 Å². The van der Waals surface area contributed by atoms with Crippen molar-refractivity contribution in [3.8, 4) is 0 Å². The van der Waals surface area contributed by atoms with Crippen LogP contribution >= 0.6 is 0 Å². The number of rotatable bonds is 4. The summed E-state index contributed by atoms with van der Waals surface area (Å²) in [6.45, 7) is 5.71. The van der Waals surface area contributed by atoms with E-state index in [-0.39, 0.29) is 24.2 Å². The molecule has 5 heteroatoms. The van der Waals surface area contributed by atoms with Crippen LogP contribution in [0.5, 0.6) is 0 Å². The molecule has 0 saturated carbocycles. The lowest BCUT2D eigenvalue weighted by molar-refractivity contribution is -0.155. The van der Waals surface area contributed by atoms with Crippen LogP contribution in [0.25, 0.3) is 0 Å². The van der Waals surface area contributed by atoms with Gasteiger partial charge in [0.1, 0.15) is 17.4 Å². The van der Waals surface area contributed by atoms with E-state index in [9.17, 15) is 14.0 Å². The average Bonchev–Trinajstić information content (AvgIpc) is 2.48. The molecule has 21 heavy (non-hydrogen) atoms. The summed E-state index contributed by atoms with van der Waals surface area (Å²) in [7, 11) is 0. The van der Waals surface area contributed by atoms with E-state index in [1.54, 1.807) is 24.0 Å². The fourth-order valence-electron chi connectivity index (χ4n) is 2.76. The van der Waals surface area contributed by atoms with Gasteiger partial charge in [0.2, 0.25) is 11.8 Å². The first-order chi connectivity index (χ1) is 9.93. The Morgan fingerprint density at radius 2 is 1.95 bits per heavy atom. The van der Waals surface area contributed by atoms with Crippen LogP contribution < -0.4 is 5.32 Å². The number of halogens is 1. The molecule has 1 aliphatic heterocycles. The summed E-state index contributed by atoms with van der Waals surface area (Å²) in [6.07, 6.45) is 1.08. The van der Waals surface area contributed by atoms with E-state index in [4.69, 9.17) is 0 Å².